The zero-order valence-electron chi connectivity index (χ0n) is 8.06. The minimum atomic E-state index is -3.95. The molecule has 0 nitrogen and oxygen atoms in total. The van der Waals surface area contributed by atoms with E-state index in [9.17, 15) is 13.2 Å². The van der Waals surface area contributed by atoms with Gasteiger partial charge >= 0.3 is 6.18 Å². The van der Waals surface area contributed by atoms with Crippen molar-refractivity contribution in [2.24, 2.45) is 5.92 Å². The van der Waals surface area contributed by atoms with Crippen molar-refractivity contribution in [3.05, 3.63) is 0 Å². The van der Waals surface area contributed by atoms with Crippen LogP contribution < -0.4 is 0 Å². The van der Waals surface area contributed by atoms with Gasteiger partial charge in [0.1, 0.15) is 0 Å². The van der Waals surface area contributed by atoms with Crippen LogP contribution >= 0.6 is 7.92 Å². The van der Waals surface area contributed by atoms with Crippen LogP contribution in [0, 0.1) is 5.92 Å². The van der Waals surface area contributed by atoms with Crippen LogP contribution in [0.25, 0.3) is 0 Å². The van der Waals surface area contributed by atoms with Gasteiger partial charge in [-0.25, -0.2) is 0 Å². The average Bonchev–Trinajstić information content (AvgIpc) is 2.03. The molecule has 1 aliphatic carbocycles. The number of hydrogen-bond acceptors (Lipinski definition) is 0. The van der Waals surface area contributed by atoms with E-state index in [1.807, 2.05) is 0 Å². The fraction of sp³-hybridized carbons (Fsp3) is 1.00. The lowest BCUT2D eigenvalue weighted by Crippen LogP contribution is -2.28. The molecule has 13 heavy (non-hydrogen) atoms. The average molecular weight is 212 g/mol. The Morgan fingerprint density at radius 1 is 1.00 bits per heavy atom. The Balaban J connectivity index is 2.39. The molecule has 0 unspecified atom stereocenters. The molecular formula is C9H16F3P. The molecule has 0 atom stereocenters. The molecule has 78 valence electrons. The van der Waals surface area contributed by atoms with Gasteiger partial charge in [-0.05, 0) is 44.7 Å². The molecule has 0 aromatic heterocycles. The molecule has 4 heteroatoms. The molecule has 0 bridgehead atoms. The molecule has 0 aromatic rings. The highest BCUT2D eigenvalue weighted by Gasteiger charge is 2.41. The van der Waals surface area contributed by atoms with E-state index in [-0.39, 0.29) is 7.92 Å². The molecule has 1 fully saturated rings. The second-order valence-electron chi connectivity index (χ2n) is 4.01. The normalized spacial score (nSPS) is 30.9. The second-order valence-corrected chi connectivity index (χ2v) is 6.67. The highest BCUT2D eigenvalue weighted by atomic mass is 31.1. The fourth-order valence-electron chi connectivity index (χ4n) is 1.92. The van der Waals surface area contributed by atoms with Crippen LogP contribution in [-0.2, 0) is 0 Å². The lowest BCUT2D eigenvalue weighted by atomic mass is 9.88. The third kappa shape index (κ3) is 3.12. The Morgan fingerprint density at radius 3 is 1.77 bits per heavy atom. The van der Waals surface area contributed by atoms with Crippen LogP contribution in [0.5, 0.6) is 0 Å². The van der Waals surface area contributed by atoms with Crippen LogP contribution in [0.15, 0.2) is 0 Å². The highest BCUT2D eigenvalue weighted by Crippen LogP contribution is 2.46. The first-order valence-electron chi connectivity index (χ1n) is 4.64. The SMILES string of the molecule is CP(C)C1CCC(C(F)(F)F)CC1. The molecule has 0 N–H and O–H groups in total. The summed E-state index contributed by atoms with van der Waals surface area (Å²) < 4.78 is 36.8. The third-order valence-electron chi connectivity index (χ3n) is 2.89. The maximum atomic E-state index is 12.3. The quantitative estimate of drug-likeness (QED) is 0.579. The molecule has 0 spiro atoms. The molecule has 0 radical (unpaired) electrons. The van der Waals surface area contributed by atoms with E-state index < -0.39 is 12.1 Å². The second kappa shape index (κ2) is 4.16. The summed E-state index contributed by atoms with van der Waals surface area (Å²) in [5, 5.41) is 0. The van der Waals surface area contributed by atoms with Gasteiger partial charge in [0.25, 0.3) is 0 Å². The lowest BCUT2D eigenvalue weighted by molar-refractivity contribution is -0.181. The molecule has 0 aromatic carbocycles. The van der Waals surface area contributed by atoms with E-state index in [0.717, 1.165) is 12.8 Å². The van der Waals surface area contributed by atoms with Crippen molar-refractivity contribution in [3.8, 4) is 0 Å². The lowest BCUT2D eigenvalue weighted by Gasteiger charge is -2.31. The zero-order valence-corrected chi connectivity index (χ0v) is 8.96. The van der Waals surface area contributed by atoms with Gasteiger partial charge < -0.3 is 0 Å². The molecular weight excluding hydrogens is 196 g/mol. The van der Waals surface area contributed by atoms with Crippen molar-refractivity contribution < 1.29 is 13.2 Å². The van der Waals surface area contributed by atoms with Gasteiger partial charge in [-0.1, -0.05) is 0 Å². The standard InChI is InChI=1S/C9H16F3P/c1-13(2)8-5-3-7(4-6-8)9(10,11)12/h7-8H,3-6H2,1-2H3. The Morgan fingerprint density at radius 2 is 1.46 bits per heavy atom. The Kier molecular flexibility index (Phi) is 3.62. The van der Waals surface area contributed by atoms with Gasteiger partial charge in [0.2, 0.25) is 0 Å². The monoisotopic (exact) mass is 212 g/mol. The van der Waals surface area contributed by atoms with Crippen molar-refractivity contribution in [1.82, 2.24) is 0 Å². The molecule has 0 amide bonds. The molecule has 0 saturated heterocycles. The largest absolute Gasteiger partial charge is 0.391 e. The van der Waals surface area contributed by atoms with Gasteiger partial charge in [-0.3, -0.25) is 0 Å². The van der Waals surface area contributed by atoms with E-state index in [0.29, 0.717) is 18.5 Å². The summed E-state index contributed by atoms with van der Waals surface area (Å²) in [5.41, 5.74) is 0.577. The highest BCUT2D eigenvalue weighted by molar-refractivity contribution is 7.56. The summed E-state index contributed by atoms with van der Waals surface area (Å²) in [6.07, 6.45) is -1.68. The topological polar surface area (TPSA) is 0 Å². The first kappa shape index (κ1) is 11.3. The summed E-state index contributed by atoms with van der Waals surface area (Å²) in [5.74, 6) is -1.02. The Hall–Kier alpha value is 0.220. The predicted octanol–water partition coefficient (Wildman–Crippen LogP) is 3.85. The number of rotatable bonds is 1. The van der Waals surface area contributed by atoms with Crippen molar-refractivity contribution >= 4 is 7.92 Å². The number of alkyl halides is 3. The van der Waals surface area contributed by atoms with Gasteiger partial charge in [0.15, 0.2) is 0 Å². The predicted molar refractivity (Wildman–Crippen MR) is 50.6 cm³/mol. The Bertz CT molecular complexity index is 157. The third-order valence-corrected chi connectivity index (χ3v) is 4.87. The zero-order chi connectivity index (χ0) is 10.1. The van der Waals surface area contributed by atoms with E-state index in [4.69, 9.17) is 0 Å². The van der Waals surface area contributed by atoms with Crippen molar-refractivity contribution in [2.45, 2.75) is 37.5 Å². The van der Waals surface area contributed by atoms with E-state index >= 15 is 0 Å². The van der Waals surface area contributed by atoms with Crippen molar-refractivity contribution in [3.63, 3.8) is 0 Å². The smallest absolute Gasteiger partial charge is 0.171 e. The minimum Gasteiger partial charge on any atom is -0.171 e. The number of halogens is 3. The maximum Gasteiger partial charge on any atom is 0.391 e. The van der Waals surface area contributed by atoms with Crippen LogP contribution in [0.4, 0.5) is 13.2 Å². The van der Waals surface area contributed by atoms with Gasteiger partial charge in [-0.15, -0.1) is 7.92 Å². The first-order valence-corrected chi connectivity index (χ1v) is 6.95. The summed E-state index contributed by atoms with van der Waals surface area (Å²) in [4.78, 5) is 0. The van der Waals surface area contributed by atoms with E-state index in [1.54, 1.807) is 0 Å². The van der Waals surface area contributed by atoms with E-state index in [2.05, 4.69) is 13.3 Å². The summed E-state index contributed by atoms with van der Waals surface area (Å²) >= 11 is 0. The van der Waals surface area contributed by atoms with Crippen molar-refractivity contribution in [2.75, 3.05) is 13.3 Å². The molecule has 1 aliphatic rings. The van der Waals surface area contributed by atoms with E-state index in [1.165, 1.54) is 0 Å². The fourth-order valence-corrected chi connectivity index (χ4v) is 3.25. The molecule has 0 aliphatic heterocycles. The van der Waals surface area contributed by atoms with Crippen LogP contribution in [-0.4, -0.2) is 25.2 Å². The molecule has 0 heterocycles. The van der Waals surface area contributed by atoms with Gasteiger partial charge in [0.05, 0.1) is 5.92 Å². The molecule has 1 rings (SSSR count). The van der Waals surface area contributed by atoms with Crippen molar-refractivity contribution in [1.29, 1.82) is 0 Å². The molecule has 1 saturated carbocycles. The number of hydrogen-bond donors (Lipinski definition) is 0. The Labute approximate surface area is 78.6 Å². The van der Waals surface area contributed by atoms with Crippen LogP contribution in [0.2, 0.25) is 0 Å². The maximum absolute atomic E-state index is 12.3. The van der Waals surface area contributed by atoms with Gasteiger partial charge in [-0.2, -0.15) is 13.2 Å². The summed E-state index contributed by atoms with van der Waals surface area (Å²) in [7, 11) is -0.0409. The first-order chi connectivity index (χ1) is 5.91. The van der Waals surface area contributed by atoms with Crippen LogP contribution in [0.3, 0.4) is 0 Å². The van der Waals surface area contributed by atoms with Gasteiger partial charge in [0, 0.05) is 0 Å². The summed E-state index contributed by atoms with van der Waals surface area (Å²) in [6, 6.07) is 0. The minimum absolute atomic E-state index is 0.0409. The van der Waals surface area contributed by atoms with Crippen LogP contribution in [0.1, 0.15) is 25.7 Å². The summed E-state index contributed by atoms with van der Waals surface area (Å²) in [6.45, 7) is 4.32.